The summed E-state index contributed by atoms with van der Waals surface area (Å²) in [6, 6.07) is 8.43. The van der Waals surface area contributed by atoms with E-state index in [1.165, 1.54) is 6.07 Å². The maximum absolute atomic E-state index is 10.7. The average Bonchev–Trinajstić information content (AvgIpc) is 2.20. The highest BCUT2D eigenvalue weighted by molar-refractivity contribution is 5.44. The molecule has 1 aromatic rings. The van der Waals surface area contributed by atoms with E-state index in [9.17, 15) is 10.1 Å². The third-order valence-corrected chi connectivity index (χ3v) is 2.07. The van der Waals surface area contributed by atoms with Crippen LogP contribution < -0.4 is 0 Å². The van der Waals surface area contributed by atoms with Crippen molar-refractivity contribution in [3.8, 4) is 6.07 Å². The monoisotopic (exact) mass is 190 g/mol. The van der Waals surface area contributed by atoms with Crippen molar-refractivity contribution in [1.82, 2.24) is 0 Å². The van der Waals surface area contributed by atoms with Gasteiger partial charge in [0.1, 0.15) is 0 Å². The minimum atomic E-state index is -0.449. The summed E-state index contributed by atoms with van der Waals surface area (Å²) in [5.74, 6) is -0.392. The van der Waals surface area contributed by atoms with E-state index >= 15 is 0 Å². The second-order valence-electron chi connectivity index (χ2n) is 2.91. The summed E-state index contributed by atoms with van der Waals surface area (Å²) in [5, 5.41) is 19.5. The Morgan fingerprint density at radius 2 is 2.21 bits per heavy atom. The van der Waals surface area contributed by atoms with Crippen molar-refractivity contribution < 1.29 is 4.92 Å². The zero-order valence-corrected chi connectivity index (χ0v) is 7.80. The molecule has 0 heterocycles. The highest BCUT2D eigenvalue weighted by Gasteiger charge is 2.19. The molecule has 72 valence electrons. The molecule has 0 N–H and O–H groups in total. The Labute approximate surface area is 81.9 Å². The Morgan fingerprint density at radius 3 is 2.71 bits per heavy atom. The SMILES string of the molecule is CCC(C#N)c1ccccc1[N+](=O)[O-]. The first-order valence-corrected chi connectivity index (χ1v) is 4.33. The van der Waals surface area contributed by atoms with Crippen LogP contribution in [0, 0.1) is 21.4 Å². The van der Waals surface area contributed by atoms with Gasteiger partial charge in [-0.3, -0.25) is 10.1 Å². The van der Waals surface area contributed by atoms with Crippen molar-refractivity contribution >= 4 is 5.69 Å². The van der Waals surface area contributed by atoms with Gasteiger partial charge in [-0.1, -0.05) is 25.1 Å². The van der Waals surface area contributed by atoms with Gasteiger partial charge >= 0.3 is 0 Å². The molecule has 0 radical (unpaired) electrons. The zero-order valence-electron chi connectivity index (χ0n) is 7.80. The second-order valence-corrected chi connectivity index (χ2v) is 2.91. The van der Waals surface area contributed by atoms with E-state index in [2.05, 4.69) is 6.07 Å². The maximum Gasteiger partial charge on any atom is 0.273 e. The summed E-state index contributed by atoms with van der Waals surface area (Å²) >= 11 is 0. The average molecular weight is 190 g/mol. The Morgan fingerprint density at radius 1 is 1.57 bits per heavy atom. The van der Waals surface area contributed by atoms with Crippen molar-refractivity contribution in [2.75, 3.05) is 0 Å². The first-order valence-electron chi connectivity index (χ1n) is 4.33. The molecule has 0 fully saturated rings. The zero-order chi connectivity index (χ0) is 10.6. The smallest absolute Gasteiger partial charge is 0.258 e. The van der Waals surface area contributed by atoms with Crippen molar-refractivity contribution in [3.63, 3.8) is 0 Å². The van der Waals surface area contributed by atoms with E-state index in [4.69, 9.17) is 5.26 Å². The molecule has 4 nitrogen and oxygen atoms in total. The van der Waals surface area contributed by atoms with Gasteiger partial charge in [-0.05, 0) is 6.42 Å². The number of hydrogen-bond donors (Lipinski definition) is 0. The van der Waals surface area contributed by atoms with Gasteiger partial charge in [-0.25, -0.2) is 0 Å². The van der Waals surface area contributed by atoms with E-state index in [0.717, 1.165) is 0 Å². The number of nitro groups is 1. The van der Waals surface area contributed by atoms with Crippen LogP contribution in [-0.4, -0.2) is 4.92 Å². The van der Waals surface area contributed by atoms with Crippen LogP contribution in [0.5, 0.6) is 0 Å². The molecule has 1 rings (SSSR count). The quantitative estimate of drug-likeness (QED) is 0.543. The Bertz CT molecular complexity index is 382. The first kappa shape index (κ1) is 10.2. The normalized spacial score (nSPS) is 11.7. The summed E-state index contributed by atoms with van der Waals surface area (Å²) in [7, 11) is 0. The minimum Gasteiger partial charge on any atom is -0.258 e. The molecule has 0 aliphatic rings. The Hall–Kier alpha value is -1.89. The lowest BCUT2D eigenvalue weighted by Crippen LogP contribution is -1.99. The lowest BCUT2D eigenvalue weighted by Gasteiger charge is -2.05. The van der Waals surface area contributed by atoms with E-state index in [1.54, 1.807) is 18.2 Å². The third kappa shape index (κ3) is 1.88. The van der Waals surface area contributed by atoms with Gasteiger partial charge in [0.25, 0.3) is 5.69 Å². The number of para-hydroxylation sites is 1. The number of hydrogen-bond acceptors (Lipinski definition) is 3. The van der Waals surface area contributed by atoms with Crippen LogP contribution >= 0.6 is 0 Å². The first-order chi connectivity index (χ1) is 6.70. The summed E-state index contributed by atoms with van der Waals surface area (Å²) in [4.78, 5) is 10.2. The predicted molar refractivity (Wildman–Crippen MR) is 51.7 cm³/mol. The van der Waals surface area contributed by atoms with Crippen molar-refractivity contribution in [3.05, 3.63) is 39.9 Å². The molecule has 1 unspecified atom stereocenters. The summed E-state index contributed by atoms with van der Waals surface area (Å²) in [6.07, 6.45) is 0.585. The molecule has 0 spiro atoms. The fourth-order valence-electron chi connectivity index (χ4n) is 1.33. The van der Waals surface area contributed by atoms with E-state index in [-0.39, 0.29) is 5.69 Å². The van der Waals surface area contributed by atoms with Crippen LogP contribution in [-0.2, 0) is 0 Å². The van der Waals surface area contributed by atoms with Crippen LogP contribution in [0.3, 0.4) is 0 Å². The van der Waals surface area contributed by atoms with E-state index in [0.29, 0.717) is 12.0 Å². The standard InChI is InChI=1S/C10H10N2O2/c1-2-8(7-11)9-5-3-4-6-10(9)12(13)14/h3-6,8H,2H2,1H3. The lowest BCUT2D eigenvalue weighted by molar-refractivity contribution is -0.385. The fraction of sp³-hybridized carbons (Fsp3) is 0.300. The number of nitriles is 1. The highest BCUT2D eigenvalue weighted by Crippen LogP contribution is 2.27. The van der Waals surface area contributed by atoms with E-state index in [1.807, 2.05) is 6.92 Å². The van der Waals surface area contributed by atoms with Crippen LogP contribution in [0.1, 0.15) is 24.8 Å². The van der Waals surface area contributed by atoms with Gasteiger partial charge in [-0.15, -0.1) is 0 Å². The number of nitrogens with zero attached hydrogens (tertiary/aromatic N) is 2. The molecular formula is C10H10N2O2. The molecule has 4 heteroatoms. The molecule has 0 aromatic heterocycles. The molecular weight excluding hydrogens is 180 g/mol. The van der Waals surface area contributed by atoms with Gasteiger partial charge in [-0.2, -0.15) is 5.26 Å². The Balaban J connectivity index is 3.20. The van der Waals surface area contributed by atoms with Gasteiger partial charge in [0.15, 0.2) is 0 Å². The van der Waals surface area contributed by atoms with E-state index < -0.39 is 10.8 Å². The van der Waals surface area contributed by atoms with Gasteiger partial charge in [0.2, 0.25) is 0 Å². The van der Waals surface area contributed by atoms with Crippen molar-refractivity contribution in [2.24, 2.45) is 0 Å². The minimum absolute atomic E-state index is 0.0286. The molecule has 1 aromatic carbocycles. The van der Waals surface area contributed by atoms with Gasteiger partial charge in [0.05, 0.1) is 16.9 Å². The topological polar surface area (TPSA) is 66.9 Å². The molecule has 0 aliphatic heterocycles. The van der Waals surface area contributed by atoms with Crippen LogP contribution in [0.2, 0.25) is 0 Å². The molecule has 0 bridgehead atoms. The summed E-state index contributed by atoms with van der Waals surface area (Å²) in [6.45, 7) is 1.84. The number of nitro benzene ring substituents is 1. The predicted octanol–water partition coefficient (Wildman–Crippen LogP) is 2.61. The van der Waals surface area contributed by atoms with Crippen LogP contribution in [0.25, 0.3) is 0 Å². The number of benzene rings is 1. The Kier molecular flexibility index (Phi) is 3.19. The third-order valence-electron chi connectivity index (χ3n) is 2.07. The maximum atomic E-state index is 10.7. The lowest BCUT2D eigenvalue weighted by atomic mass is 9.96. The molecule has 0 aliphatic carbocycles. The summed E-state index contributed by atoms with van der Waals surface area (Å²) in [5.41, 5.74) is 0.531. The number of rotatable bonds is 3. The molecule has 0 saturated heterocycles. The van der Waals surface area contributed by atoms with Gasteiger partial charge in [0, 0.05) is 11.6 Å². The molecule has 0 saturated carbocycles. The van der Waals surface area contributed by atoms with Crippen LogP contribution in [0.4, 0.5) is 5.69 Å². The van der Waals surface area contributed by atoms with Gasteiger partial charge < -0.3 is 0 Å². The highest BCUT2D eigenvalue weighted by atomic mass is 16.6. The van der Waals surface area contributed by atoms with Crippen LogP contribution in [0.15, 0.2) is 24.3 Å². The van der Waals surface area contributed by atoms with Crippen molar-refractivity contribution in [1.29, 1.82) is 5.26 Å². The summed E-state index contributed by atoms with van der Waals surface area (Å²) < 4.78 is 0. The second kappa shape index (κ2) is 4.38. The fourth-order valence-corrected chi connectivity index (χ4v) is 1.33. The largest absolute Gasteiger partial charge is 0.273 e. The molecule has 14 heavy (non-hydrogen) atoms. The molecule has 1 atom stereocenters. The van der Waals surface area contributed by atoms with Crippen molar-refractivity contribution in [2.45, 2.75) is 19.3 Å². The molecule has 0 amide bonds.